The van der Waals surface area contributed by atoms with E-state index in [-0.39, 0.29) is 30.4 Å². The van der Waals surface area contributed by atoms with Crippen LogP contribution in [-0.2, 0) is 29.2 Å². The average molecular weight is 490 g/mol. The summed E-state index contributed by atoms with van der Waals surface area (Å²) in [5.41, 5.74) is 4.32. The Bertz CT molecular complexity index is 1230. The Hall–Kier alpha value is -3.72. The van der Waals surface area contributed by atoms with E-state index in [4.69, 9.17) is 9.47 Å². The minimum atomic E-state index is -0.165. The third kappa shape index (κ3) is 5.11. The standard InChI is InChI=1S/C27H31N5O4/c1-18-4-3-5-19(14-18)15-28-26(33)21-10-12-31(13-11-21)27(34)25-23-17-36-24(16-32(23)30-29-25)20-6-8-22(35-2)9-7-20/h3-9,14,21,24H,10-13,15-17H2,1-2H3,(H,28,33)/t24-/m0/s1. The normalized spacial score (nSPS) is 17.9. The maximum atomic E-state index is 13.2. The Kier molecular flexibility index (Phi) is 6.99. The van der Waals surface area contributed by atoms with Crippen molar-refractivity contribution in [2.45, 2.75) is 45.6 Å². The zero-order valence-electron chi connectivity index (χ0n) is 20.6. The van der Waals surface area contributed by atoms with Crippen LogP contribution in [0.2, 0.25) is 0 Å². The van der Waals surface area contributed by atoms with Crippen LogP contribution in [0.1, 0.15) is 51.8 Å². The molecule has 3 aromatic rings. The van der Waals surface area contributed by atoms with Crippen LogP contribution in [0, 0.1) is 12.8 Å². The monoisotopic (exact) mass is 489 g/mol. The van der Waals surface area contributed by atoms with Gasteiger partial charge in [0.05, 0.1) is 26.0 Å². The third-order valence-corrected chi connectivity index (χ3v) is 6.99. The molecule has 1 atom stereocenters. The lowest BCUT2D eigenvalue weighted by Crippen LogP contribution is -2.43. The van der Waals surface area contributed by atoms with Gasteiger partial charge in [0, 0.05) is 25.6 Å². The van der Waals surface area contributed by atoms with Gasteiger partial charge in [-0.3, -0.25) is 9.59 Å². The van der Waals surface area contributed by atoms with Crippen LogP contribution in [0.25, 0.3) is 0 Å². The molecule has 1 fully saturated rings. The number of piperidine rings is 1. The number of aryl methyl sites for hydroxylation is 1. The predicted octanol–water partition coefficient (Wildman–Crippen LogP) is 3.04. The number of nitrogens with zero attached hydrogens (tertiary/aromatic N) is 4. The van der Waals surface area contributed by atoms with E-state index in [1.807, 2.05) is 49.4 Å². The minimum Gasteiger partial charge on any atom is -0.497 e. The lowest BCUT2D eigenvalue weighted by Gasteiger charge is -2.31. The largest absolute Gasteiger partial charge is 0.497 e. The Morgan fingerprint density at radius 1 is 1.14 bits per heavy atom. The third-order valence-electron chi connectivity index (χ3n) is 6.99. The highest BCUT2D eigenvalue weighted by Gasteiger charge is 2.33. The molecule has 2 amide bonds. The van der Waals surface area contributed by atoms with Crippen molar-refractivity contribution in [1.82, 2.24) is 25.2 Å². The number of ether oxygens (including phenoxy) is 2. The number of nitrogens with one attached hydrogen (secondary N) is 1. The summed E-state index contributed by atoms with van der Waals surface area (Å²) in [4.78, 5) is 27.7. The number of carbonyl (C=O) groups excluding carboxylic acids is 2. The van der Waals surface area contributed by atoms with Crippen LogP contribution in [0.3, 0.4) is 0 Å². The van der Waals surface area contributed by atoms with Crippen LogP contribution < -0.4 is 10.1 Å². The number of amides is 2. The molecular weight excluding hydrogens is 458 g/mol. The summed E-state index contributed by atoms with van der Waals surface area (Å²) in [6.45, 7) is 4.35. The fraction of sp³-hybridized carbons (Fsp3) is 0.407. The zero-order chi connectivity index (χ0) is 25.1. The highest BCUT2D eigenvalue weighted by molar-refractivity contribution is 5.93. The molecule has 2 aliphatic rings. The number of hydrogen-bond donors (Lipinski definition) is 1. The van der Waals surface area contributed by atoms with Gasteiger partial charge in [0.15, 0.2) is 5.69 Å². The number of likely N-dealkylation sites (tertiary alicyclic amines) is 1. The summed E-state index contributed by atoms with van der Waals surface area (Å²) in [6.07, 6.45) is 1.10. The van der Waals surface area contributed by atoms with Crippen molar-refractivity contribution in [2.24, 2.45) is 5.92 Å². The van der Waals surface area contributed by atoms with E-state index < -0.39 is 0 Å². The number of rotatable bonds is 6. The lowest BCUT2D eigenvalue weighted by molar-refractivity contribution is -0.126. The Labute approximate surface area is 210 Å². The molecule has 3 heterocycles. The van der Waals surface area contributed by atoms with Crippen molar-refractivity contribution in [2.75, 3.05) is 20.2 Å². The van der Waals surface area contributed by atoms with Gasteiger partial charge >= 0.3 is 0 Å². The van der Waals surface area contributed by atoms with E-state index in [1.165, 1.54) is 5.56 Å². The van der Waals surface area contributed by atoms with E-state index in [2.05, 4.69) is 21.7 Å². The smallest absolute Gasteiger partial charge is 0.276 e. The van der Waals surface area contributed by atoms with Gasteiger partial charge in [0.25, 0.3) is 5.91 Å². The molecule has 9 heteroatoms. The van der Waals surface area contributed by atoms with Gasteiger partial charge in [-0.15, -0.1) is 5.10 Å². The van der Waals surface area contributed by atoms with E-state index in [0.29, 0.717) is 50.4 Å². The van der Waals surface area contributed by atoms with Crippen LogP contribution in [-0.4, -0.2) is 51.9 Å². The van der Waals surface area contributed by atoms with Crippen molar-refractivity contribution in [3.05, 3.63) is 76.6 Å². The molecule has 0 saturated carbocycles. The molecule has 2 aliphatic heterocycles. The Morgan fingerprint density at radius 3 is 2.64 bits per heavy atom. The second-order valence-electron chi connectivity index (χ2n) is 9.41. The van der Waals surface area contributed by atoms with Crippen LogP contribution in [0.4, 0.5) is 0 Å². The van der Waals surface area contributed by atoms with Crippen molar-refractivity contribution < 1.29 is 19.1 Å². The molecule has 2 aromatic carbocycles. The second kappa shape index (κ2) is 10.5. The van der Waals surface area contributed by atoms with Crippen LogP contribution >= 0.6 is 0 Å². The maximum absolute atomic E-state index is 13.2. The second-order valence-corrected chi connectivity index (χ2v) is 9.41. The molecule has 188 valence electrons. The minimum absolute atomic E-state index is 0.0441. The van der Waals surface area contributed by atoms with Crippen molar-refractivity contribution >= 4 is 11.8 Å². The summed E-state index contributed by atoms with van der Waals surface area (Å²) in [6, 6.07) is 15.9. The van der Waals surface area contributed by atoms with Crippen LogP contribution in [0.15, 0.2) is 48.5 Å². The quantitative estimate of drug-likeness (QED) is 0.572. The molecule has 5 rings (SSSR count). The molecule has 36 heavy (non-hydrogen) atoms. The first-order valence-corrected chi connectivity index (χ1v) is 12.3. The topological polar surface area (TPSA) is 98.6 Å². The van der Waals surface area contributed by atoms with Gasteiger partial charge < -0.3 is 19.7 Å². The molecule has 1 saturated heterocycles. The molecule has 0 unspecified atom stereocenters. The zero-order valence-corrected chi connectivity index (χ0v) is 20.6. The Balaban J connectivity index is 1.15. The molecule has 0 spiro atoms. The van der Waals surface area contributed by atoms with E-state index in [9.17, 15) is 9.59 Å². The average Bonchev–Trinajstić information content (AvgIpc) is 3.35. The number of carbonyl (C=O) groups is 2. The summed E-state index contributed by atoms with van der Waals surface area (Å²) in [5, 5.41) is 11.5. The molecule has 9 nitrogen and oxygen atoms in total. The fourth-order valence-corrected chi connectivity index (χ4v) is 4.85. The molecular formula is C27H31N5O4. The summed E-state index contributed by atoms with van der Waals surface area (Å²) in [7, 11) is 1.64. The van der Waals surface area contributed by atoms with Crippen molar-refractivity contribution in [3.63, 3.8) is 0 Å². The van der Waals surface area contributed by atoms with Gasteiger partial charge in [-0.25, -0.2) is 4.68 Å². The lowest BCUT2D eigenvalue weighted by atomic mass is 9.95. The van der Waals surface area contributed by atoms with Gasteiger partial charge in [-0.2, -0.15) is 0 Å². The summed E-state index contributed by atoms with van der Waals surface area (Å²) >= 11 is 0. The number of aromatic nitrogens is 3. The highest BCUT2D eigenvalue weighted by atomic mass is 16.5. The van der Waals surface area contributed by atoms with Crippen LogP contribution in [0.5, 0.6) is 5.75 Å². The van der Waals surface area contributed by atoms with Crippen molar-refractivity contribution in [1.29, 1.82) is 0 Å². The van der Waals surface area contributed by atoms with Gasteiger partial charge in [0.2, 0.25) is 5.91 Å². The van der Waals surface area contributed by atoms with Gasteiger partial charge in [0.1, 0.15) is 11.9 Å². The van der Waals surface area contributed by atoms with E-state index in [1.54, 1.807) is 16.7 Å². The molecule has 0 aliphatic carbocycles. The van der Waals surface area contributed by atoms with E-state index >= 15 is 0 Å². The van der Waals surface area contributed by atoms with Gasteiger partial charge in [-0.1, -0.05) is 47.2 Å². The predicted molar refractivity (Wildman–Crippen MR) is 132 cm³/mol. The first-order valence-electron chi connectivity index (χ1n) is 12.3. The molecule has 0 radical (unpaired) electrons. The number of methoxy groups -OCH3 is 1. The maximum Gasteiger partial charge on any atom is 0.276 e. The van der Waals surface area contributed by atoms with E-state index in [0.717, 1.165) is 16.9 Å². The number of hydrogen-bond acceptors (Lipinski definition) is 6. The SMILES string of the molecule is COc1ccc([C@@H]2Cn3nnc(C(=O)N4CCC(C(=O)NCc5cccc(C)c5)CC4)c3CO2)cc1. The summed E-state index contributed by atoms with van der Waals surface area (Å²) < 4.78 is 13.0. The number of benzene rings is 2. The van der Waals surface area contributed by atoms with Gasteiger partial charge in [-0.05, 0) is 43.0 Å². The fourth-order valence-electron chi connectivity index (χ4n) is 4.85. The Morgan fingerprint density at radius 2 is 1.92 bits per heavy atom. The first kappa shape index (κ1) is 24.0. The number of fused-ring (bicyclic) bond motifs is 1. The summed E-state index contributed by atoms with van der Waals surface area (Å²) in [5.74, 6) is 0.585. The first-order chi connectivity index (χ1) is 17.5. The molecule has 1 aromatic heterocycles. The van der Waals surface area contributed by atoms with Crippen molar-refractivity contribution in [3.8, 4) is 5.75 Å². The highest BCUT2D eigenvalue weighted by Crippen LogP contribution is 2.29. The molecule has 0 bridgehead atoms. The molecule has 1 N–H and O–H groups in total.